The maximum atomic E-state index is 12.5. The molecule has 0 aliphatic carbocycles. The molecule has 0 aliphatic heterocycles. The Hall–Kier alpha value is -2.73. The van der Waals surface area contributed by atoms with E-state index in [9.17, 15) is 4.79 Å². The van der Waals surface area contributed by atoms with Gasteiger partial charge in [0.05, 0.1) is 12.8 Å². The number of nitrogens with one attached hydrogen (secondary N) is 1. The number of carbonyl (C=O) groups is 1. The van der Waals surface area contributed by atoms with Gasteiger partial charge in [-0.25, -0.2) is 4.68 Å². The van der Waals surface area contributed by atoms with Crippen molar-refractivity contribution in [2.75, 3.05) is 7.11 Å². The van der Waals surface area contributed by atoms with Gasteiger partial charge in [-0.2, -0.15) is 5.10 Å². The molecule has 22 heavy (non-hydrogen) atoms. The van der Waals surface area contributed by atoms with E-state index >= 15 is 0 Å². The summed E-state index contributed by atoms with van der Waals surface area (Å²) in [7, 11) is 1.58. The lowest BCUT2D eigenvalue weighted by Crippen LogP contribution is -2.12. The van der Waals surface area contributed by atoms with Gasteiger partial charge in [0, 0.05) is 5.56 Å². The molecule has 0 fully saturated rings. The summed E-state index contributed by atoms with van der Waals surface area (Å²) in [5.41, 5.74) is 1.28. The zero-order valence-corrected chi connectivity index (χ0v) is 12.6. The van der Waals surface area contributed by atoms with Gasteiger partial charge in [0.2, 0.25) is 10.6 Å². The van der Waals surface area contributed by atoms with Gasteiger partial charge in [-0.3, -0.25) is 10.2 Å². The van der Waals surface area contributed by atoms with E-state index in [0.717, 1.165) is 17.0 Å². The zero-order chi connectivity index (χ0) is 15.5. The lowest BCUT2D eigenvalue weighted by Gasteiger charge is -2.01. The molecule has 2 aromatic carbocycles. The normalized spacial score (nSPS) is 10.4. The monoisotopic (exact) mass is 311 g/mol. The van der Waals surface area contributed by atoms with Crippen molar-refractivity contribution in [3.63, 3.8) is 0 Å². The van der Waals surface area contributed by atoms with Crippen molar-refractivity contribution in [2.45, 2.75) is 0 Å². The number of nitrogens with zero attached hydrogens (tertiary/aromatic N) is 2. The highest BCUT2D eigenvalue weighted by molar-refractivity contribution is 7.11. The van der Waals surface area contributed by atoms with Gasteiger partial charge in [0.25, 0.3) is 0 Å². The van der Waals surface area contributed by atoms with Gasteiger partial charge in [0.15, 0.2) is 5.01 Å². The third kappa shape index (κ3) is 2.68. The number of para-hydroxylation sites is 1. The first-order valence-corrected chi connectivity index (χ1v) is 7.39. The molecule has 0 radical (unpaired) electrons. The minimum absolute atomic E-state index is 0.198. The number of aromatic nitrogens is 2. The van der Waals surface area contributed by atoms with Crippen molar-refractivity contribution in [1.29, 1.82) is 5.41 Å². The number of ether oxygens (including phenoxy) is 1. The van der Waals surface area contributed by atoms with Crippen molar-refractivity contribution in [3.05, 3.63) is 70.0 Å². The molecule has 110 valence electrons. The van der Waals surface area contributed by atoms with Crippen LogP contribution < -0.4 is 9.54 Å². The number of methoxy groups -OCH3 is 1. The van der Waals surface area contributed by atoms with E-state index in [1.165, 1.54) is 4.68 Å². The molecule has 6 heteroatoms. The van der Waals surface area contributed by atoms with Crippen LogP contribution in [0.4, 0.5) is 0 Å². The summed E-state index contributed by atoms with van der Waals surface area (Å²) in [5.74, 6) is 0.493. The summed E-state index contributed by atoms with van der Waals surface area (Å²) < 4.78 is 6.54. The molecular formula is C16H13N3O2S. The predicted octanol–water partition coefficient (Wildman–Crippen LogP) is 2.65. The lowest BCUT2D eigenvalue weighted by molar-refractivity contribution is 0.103. The van der Waals surface area contributed by atoms with Crippen LogP contribution in [-0.4, -0.2) is 22.7 Å². The molecule has 0 aliphatic rings. The Bertz CT molecular complexity index is 851. The molecule has 0 spiro atoms. The number of carbonyl (C=O) groups excluding carboxylic acids is 1. The Kier molecular flexibility index (Phi) is 3.84. The van der Waals surface area contributed by atoms with E-state index in [0.29, 0.717) is 16.3 Å². The van der Waals surface area contributed by atoms with Crippen LogP contribution in [0.15, 0.2) is 54.6 Å². The van der Waals surface area contributed by atoms with E-state index in [1.807, 2.05) is 30.3 Å². The van der Waals surface area contributed by atoms with Crippen LogP contribution in [0.25, 0.3) is 5.69 Å². The fourth-order valence-electron chi connectivity index (χ4n) is 1.99. The number of hydrogen-bond acceptors (Lipinski definition) is 5. The highest BCUT2D eigenvalue weighted by Crippen LogP contribution is 2.16. The molecule has 0 bridgehead atoms. The molecule has 5 nitrogen and oxygen atoms in total. The van der Waals surface area contributed by atoms with Gasteiger partial charge in [-0.1, -0.05) is 29.5 Å². The summed E-state index contributed by atoms with van der Waals surface area (Å²) in [6, 6.07) is 16.2. The maximum absolute atomic E-state index is 12.5. The van der Waals surface area contributed by atoms with Crippen LogP contribution in [0.1, 0.15) is 15.4 Å². The maximum Gasteiger partial charge on any atom is 0.223 e. The second kappa shape index (κ2) is 5.95. The predicted molar refractivity (Wildman–Crippen MR) is 83.7 cm³/mol. The highest BCUT2D eigenvalue weighted by atomic mass is 32.1. The molecule has 1 N–H and O–H groups in total. The van der Waals surface area contributed by atoms with Crippen molar-refractivity contribution < 1.29 is 9.53 Å². The molecular weight excluding hydrogens is 298 g/mol. The average molecular weight is 311 g/mol. The van der Waals surface area contributed by atoms with Crippen molar-refractivity contribution in [1.82, 2.24) is 9.78 Å². The van der Waals surface area contributed by atoms with Crippen LogP contribution in [0.2, 0.25) is 0 Å². The van der Waals surface area contributed by atoms with Gasteiger partial charge in [-0.05, 0) is 36.4 Å². The minimum atomic E-state index is -0.198. The number of hydrogen-bond donors (Lipinski definition) is 1. The summed E-state index contributed by atoms with van der Waals surface area (Å²) in [6.07, 6.45) is 0. The van der Waals surface area contributed by atoms with E-state index in [4.69, 9.17) is 10.1 Å². The minimum Gasteiger partial charge on any atom is -0.497 e. The summed E-state index contributed by atoms with van der Waals surface area (Å²) in [5, 5.41) is 12.6. The van der Waals surface area contributed by atoms with Gasteiger partial charge >= 0.3 is 0 Å². The standard InChI is InChI=1S/C16H13N3O2S/c1-21-13-9-7-11(8-10-13)14(20)15-18-19(16(17)22-15)12-5-3-2-4-6-12/h2-10,17H,1H3. The molecule has 0 saturated heterocycles. The fraction of sp³-hybridized carbons (Fsp3) is 0.0625. The fourth-order valence-corrected chi connectivity index (χ4v) is 2.74. The summed E-state index contributed by atoms with van der Waals surface area (Å²) in [4.78, 5) is 12.7. The molecule has 3 rings (SSSR count). The molecule has 0 atom stereocenters. The Morgan fingerprint density at radius 2 is 1.82 bits per heavy atom. The van der Waals surface area contributed by atoms with Crippen molar-refractivity contribution in [2.24, 2.45) is 0 Å². The van der Waals surface area contributed by atoms with Crippen LogP contribution >= 0.6 is 11.3 Å². The van der Waals surface area contributed by atoms with Crippen molar-refractivity contribution in [3.8, 4) is 11.4 Å². The highest BCUT2D eigenvalue weighted by Gasteiger charge is 2.15. The SMILES string of the molecule is COc1ccc(C(=O)c2nn(-c3ccccc3)c(=N)s2)cc1. The Morgan fingerprint density at radius 3 is 2.45 bits per heavy atom. The van der Waals surface area contributed by atoms with E-state index in [2.05, 4.69) is 5.10 Å². The molecule has 0 saturated carbocycles. The number of ketones is 1. The first-order chi connectivity index (χ1) is 10.7. The second-order valence-electron chi connectivity index (χ2n) is 4.52. The van der Waals surface area contributed by atoms with Crippen LogP contribution in [0.3, 0.4) is 0 Å². The largest absolute Gasteiger partial charge is 0.497 e. The number of benzene rings is 2. The molecule has 0 amide bonds. The Labute approximate surface area is 130 Å². The average Bonchev–Trinajstić information content (AvgIpc) is 2.97. The zero-order valence-electron chi connectivity index (χ0n) is 11.8. The quantitative estimate of drug-likeness (QED) is 0.753. The third-order valence-electron chi connectivity index (χ3n) is 3.12. The van der Waals surface area contributed by atoms with E-state index < -0.39 is 0 Å². The Morgan fingerprint density at radius 1 is 1.14 bits per heavy atom. The van der Waals surface area contributed by atoms with E-state index in [-0.39, 0.29) is 10.6 Å². The Balaban J connectivity index is 1.95. The van der Waals surface area contributed by atoms with Crippen LogP contribution in [0.5, 0.6) is 5.75 Å². The first kappa shape index (κ1) is 14.2. The molecule has 1 heterocycles. The smallest absolute Gasteiger partial charge is 0.223 e. The van der Waals surface area contributed by atoms with Gasteiger partial charge in [-0.15, -0.1) is 0 Å². The molecule has 1 aromatic heterocycles. The number of rotatable bonds is 4. The lowest BCUT2D eigenvalue weighted by atomic mass is 10.1. The van der Waals surface area contributed by atoms with E-state index in [1.54, 1.807) is 31.4 Å². The van der Waals surface area contributed by atoms with Crippen molar-refractivity contribution >= 4 is 17.1 Å². The summed E-state index contributed by atoms with van der Waals surface area (Å²) in [6.45, 7) is 0. The van der Waals surface area contributed by atoms with Gasteiger partial charge in [0.1, 0.15) is 5.75 Å². The topological polar surface area (TPSA) is 68.0 Å². The van der Waals surface area contributed by atoms with Crippen LogP contribution in [0, 0.1) is 5.41 Å². The third-order valence-corrected chi connectivity index (χ3v) is 3.95. The van der Waals surface area contributed by atoms with Gasteiger partial charge < -0.3 is 4.74 Å². The molecule has 3 aromatic rings. The second-order valence-corrected chi connectivity index (χ2v) is 5.49. The molecule has 0 unspecified atom stereocenters. The summed E-state index contributed by atoms with van der Waals surface area (Å²) >= 11 is 1.06. The first-order valence-electron chi connectivity index (χ1n) is 6.58. The van der Waals surface area contributed by atoms with Crippen LogP contribution in [-0.2, 0) is 0 Å².